The van der Waals surface area contributed by atoms with Crippen LogP contribution in [0.3, 0.4) is 0 Å². The van der Waals surface area contributed by atoms with Crippen LogP contribution in [0.2, 0.25) is 5.02 Å². The number of benzene rings is 2. The van der Waals surface area contributed by atoms with Gasteiger partial charge in [0.25, 0.3) is 5.91 Å². The Hall–Kier alpha value is -2.53. The molecule has 6 heteroatoms. The summed E-state index contributed by atoms with van der Waals surface area (Å²) in [4.78, 5) is 26.9. The van der Waals surface area contributed by atoms with Gasteiger partial charge in [-0.2, -0.15) is 0 Å². The maximum absolute atomic E-state index is 13.1. The molecule has 0 spiro atoms. The predicted molar refractivity (Wildman–Crippen MR) is 112 cm³/mol. The zero-order valence-electron chi connectivity index (χ0n) is 16.3. The quantitative estimate of drug-likeness (QED) is 0.778. The number of hydrogen-bond donors (Lipinski definition) is 1. The van der Waals surface area contributed by atoms with Crippen LogP contribution in [0.5, 0.6) is 5.75 Å². The summed E-state index contributed by atoms with van der Waals surface area (Å²) in [5.41, 5.74) is 1.43. The van der Waals surface area contributed by atoms with Crippen LogP contribution in [0.1, 0.15) is 41.6 Å². The van der Waals surface area contributed by atoms with Gasteiger partial charge in [0.1, 0.15) is 12.4 Å². The SMILES string of the molecule is O=C(NC1CCN(C(=O)c2ccccc2OCc2ccccc2Cl)CC1)C1CC1. The zero-order valence-corrected chi connectivity index (χ0v) is 17.0. The molecule has 0 unspecified atom stereocenters. The van der Waals surface area contributed by atoms with Crippen LogP contribution < -0.4 is 10.1 Å². The average molecular weight is 413 g/mol. The van der Waals surface area contributed by atoms with Gasteiger partial charge in [-0.1, -0.05) is 41.9 Å². The van der Waals surface area contributed by atoms with Crippen LogP contribution in [-0.4, -0.2) is 35.8 Å². The van der Waals surface area contributed by atoms with Gasteiger partial charge in [0, 0.05) is 35.6 Å². The summed E-state index contributed by atoms with van der Waals surface area (Å²) in [6.07, 6.45) is 3.59. The maximum atomic E-state index is 13.1. The summed E-state index contributed by atoms with van der Waals surface area (Å²) in [6.45, 7) is 1.57. The molecule has 1 saturated heterocycles. The van der Waals surface area contributed by atoms with E-state index < -0.39 is 0 Å². The second-order valence-electron chi connectivity index (χ2n) is 7.73. The summed E-state index contributed by atoms with van der Waals surface area (Å²) in [7, 11) is 0. The molecule has 5 nitrogen and oxygen atoms in total. The Morgan fingerprint density at radius 2 is 1.69 bits per heavy atom. The monoisotopic (exact) mass is 412 g/mol. The normalized spacial score (nSPS) is 17.1. The molecule has 1 aliphatic carbocycles. The average Bonchev–Trinajstić information content (AvgIpc) is 3.59. The highest BCUT2D eigenvalue weighted by Crippen LogP contribution is 2.29. The molecule has 0 atom stereocenters. The van der Waals surface area contributed by atoms with Gasteiger partial charge in [0.15, 0.2) is 0 Å². The molecule has 1 saturated carbocycles. The highest BCUT2D eigenvalue weighted by atomic mass is 35.5. The summed E-state index contributed by atoms with van der Waals surface area (Å²) in [5.74, 6) is 0.915. The Balaban J connectivity index is 1.36. The van der Waals surface area contributed by atoms with Crippen molar-refractivity contribution in [3.8, 4) is 5.75 Å². The van der Waals surface area contributed by atoms with Crippen LogP contribution in [-0.2, 0) is 11.4 Å². The first-order chi connectivity index (χ1) is 14.1. The summed E-state index contributed by atoms with van der Waals surface area (Å²) < 4.78 is 5.93. The lowest BCUT2D eigenvalue weighted by atomic mass is 10.0. The van der Waals surface area contributed by atoms with E-state index in [4.69, 9.17) is 16.3 Å². The van der Waals surface area contributed by atoms with Gasteiger partial charge in [-0.25, -0.2) is 0 Å². The summed E-state index contributed by atoms with van der Waals surface area (Å²) in [6, 6.07) is 15.0. The Bertz CT molecular complexity index is 889. The van der Waals surface area contributed by atoms with E-state index in [-0.39, 0.29) is 23.8 Å². The van der Waals surface area contributed by atoms with Crippen molar-refractivity contribution in [2.75, 3.05) is 13.1 Å². The van der Waals surface area contributed by atoms with Crippen molar-refractivity contribution < 1.29 is 14.3 Å². The fourth-order valence-electron chi connectivity index (χ4n) is 3.60. The van der Waals surface area contributed by atoms with Gasteiger partial charge in [-0.15, -0.1) is 0 Å². The second kappa shape index (κ2) is 8.87. The van der Waals surface area contributed by atoms with Crippen LogP contribution in [0.4, 0.5) is 0 Å². The fourth-order valence-corrected chi connectivity index (χ4v) is 3.79. The molecule has 29 heavy (non-hydrogen) atoms. The van der Waals surface area contributed by atoms with Crippen molar-refractivity contribution in [1.29, 1.82) is 0 Å². The Kier molecular flexibility index (Phi) is 6.05. The van der Waals surface area contributed by atoms with E-state index in [9.17, 15) is 9.59 Å². The topological polar surface area (TPSA) is 58.6 Å². The van der Waals surface area contributed by atoms with E-state index in [1.807, 2.05) is 47.4 Å². The summed E-state index contributed by atoms with van der Waals surface area (Å²) in [5, 5.41) is 3.77. The molecule has 0 aromatic heterocycles. The third-order valence-electron chi connectivity index (χ3n) is 5.54. The molecule has 1 aliphatic heterocycles. The van der Waals surface area contributed by atoms with Gasteiger partial charge in [-0.05, 0) is 43.9 Å². The number of para-hydroxylation sites is 1. The minimum atomic E-state index is -0.0354. The lowest BCUT2D eigenvalue weighted by Crippen LogP contribution is -2.47. The smallest absolute Gasteiger partial charge is 0.257 e. The molecular weight excluding hydrogens is 388 g/mol. The van der Waals surface area contributed by atoms with Crippen molar-refractivity contribution >= 4 is 23.4 Å². The van der Waals surface area contributed by atoms with E-state index in [2.05, 4.69) is 5.32 Å². The largest absolute Gasteiger partial charge is 0.488 e. The number of carbonyl (C=O) groups is 2. The van der Waals surface area contributed by atoms with Crippen LogP contribution in [0.15, 0.2) is 48.5 Å². The van der Waals surface area contributed by atoms with Crippen molar-refractivity contribution in [1.82, 2.24) is 10.2 Å². The van der Waals surface area contributed by atoms with Crippen LogP contribution in [0.25, 0.3) is 0 Å². The van der Waals surface area contributed by atoms with Crippen molar-refractivity contribution in [2.24, 2.45) is 5.92 Å². The predicted octanol–water partition coefficient (Wildman–Crippen LogP) is 4.05. The Morgan fingerprint density at radius 1 is 1.00 bits per heavy atom. The Labute approximate surface area is 176 Å². The summed E-state index contributed by atoms with van der Waals surface area (Å²) >= 11 is 6.20. The first-order valence-electron chi connectivity index (χ1n) is 10.2. The number of likely N-dealkylation sites (tertiary alicyclic amines) is 1. The van der Waals surface area contributed by atoms with E-state index >= 15 is 0 Å². The number of nitrogens with one attached hydrogen (secondary N) is 1. The standard InChI is InChI=1S/C23H25ClN2O3/c24-20-7-3-1-5-17(20)15-29-21-8-4-2-6-19(21)23(28)26-13-11-18(12-14-26)25-22(27)16-9-10-16/h1-8,16,18H,9-15H2,(H,25,27). The van der Waals surface area contributed by atoms with E-state index in [0.29, 0.717) is 36.0 Å². The van der Waals surface area contributed by atoms with Gasteiger partial charge < -0.3 is 15.0 Å². The first-order valence-corrected chi connectivity index (χ1v) is 10.5. The number of carbonyl (C=O) groups excluding carboxylic acids is 2. The molecule has 4 rings (SSSR count). The maximum Gasteiger partial charge on any atom is 0.257 e. The lowest BCUT2D eigenvalue weighted by molar-refractivity contribution is -0.123. The first kappa shape index (κ1) is 19.8. The van der Waals surface area contributed by atoms with Gasteiger partial charge in [-0.3, -0.25) is 9.59 Å². The molecule has 1 heterocycles. The van der Waals surface area contributed by atoms with E-state index in [1.165, 1.54) is 0 Å². The van der Waals surface area contributed by atoms with Crippen LogP contribution in [0, 0.1) is 5.92 Å². The van der Waals surface area contributed by atoms with Crippen LogP contribution >= 0.6 is 11.6 Å². The second-order valence-corrected chi connectivity index (χ2v) is 8.13. The highest BCUT2D eigenvalue weighted by Gasteiger charge is 2.32. The molecule has 2 aliphatic rings. The third kappa shape index (κ3) is 4.91. The van der Waals surface area contributed by atoms with Crippen molar-refractivity contribution in [3.63, 3.8) is 0 Å². The van der Waals surface area contributed by atoms with Gasteiger partial charge in [0.05, 0.1) is 5.56 Å². The number of piperidine rings is 1. The molecular formula is C23H25ClN2O3. The minimum absolute atomic E-state index is 0.0354. The molecule has 2 amide bonds. The highest BCUT2D eigenvalue weighted by molar-refractivity contribution is 6.31. The number of hydrogen-bond acceptors (Lipinski definition) is 3. The number of amides is 2. The van der Waals surface area contributed by atoms with Gasteiger partial charge in [0.2, 0.25) is 5.91 Å². The van der Waals surface area contributed by atoms with Gasteiger partial charge >= 0.3 is 0 Å². The number of rotatable bonds is 6. The minimum Gasteiger partial charge on any atom is -0.488 e. The molecule has 1 N–H and O–H groups in total. The zero-order chi connectivity index (χ0) is 20.2. The molecule has 152 valence electrons. The molecule has 2 aromatic carbocycles. The fraction of sp³-hybridized carbons (Fsp3) is 0.391. The molecule has 2 aromatic rings. The number of nitrogens with zero attached hydrogens (tertiary/aromatic N) is 1. The number of halogens is 1. The van der Waals surface area contributed by atoms with Crippen molar-refractivity contribution in [2.45, 2.75) is 38.3 Å². The molecule has 2 fully saturated rings. The Morgan fingerprint density at radius 3 is 2.41 bits per heavy atom. The third-order valence-corrected chi connectivity index (χ3v) is 5.90. The van der Waals surface area contributed by atoms with E-state index in [0.717, 1.165) is 31.2 Å². The molecule has 0 radical (unpaired) electrons. The van der Waals surface area contributed by atoms with E-state index in [1.54, 1.807) is 6.07 Å². The lowest BCUT2D eigenvalue weighted by Gasteiger charge is -2.32. The molecule has 0 bridgehead atoms. The van der Waals surface area contributed by atoms with Crippen molar-refractivity contribution in [3.05, 3.63) is 64.7 Å². The number of ether oxygens (including phenoxy) is 1.